The first-order chi connectivity index (χ1) is 11.4. The molecule has 2 amide bonds. The van der Waals surface area contributed by atoms with E-state index in [0.717, 1.165) is 50.7 Å². The lowest BCUT2D eigenvalue weighted by molar-refractivity contribution is -0.130. The van der Waals surface area contributed by atoms with Crippen LogP contribution in [-0.2, 0) is 4.79 Å². The van der Waals surface area contributed by atoms with Crippen LogP contribution in [-0.4, -0.2) is 71.9 Å². The lowest BCUT2D eigenvalue weighted by atomic mass is 9.86. The van der Waals surface area contributed by atoms with E-state index in [2.05, 4.69) is 21.8 Å². The van der Waals surface area contributed by atoms with E-state index in [4.69, 9.17) is 5.73 Å². The second-order valence-electron chi connectivity index (χ2n) is 6.67. The zero-order chi connectivity index (χ0) is 17.3. The maximum Gasteiger partial charge on any atom is 0.268 e. The summed E-state index contributed by atoms with van der Waals surface area (Å²) in [5.74, 6) is -0.231. The van der Waals surface area contributed by atoms with E-state index in [1.165, 1.54) is 11.3 Å². The summed E-state index contributed by atoms with van der Waals surface area (Å²) in [6, 6.07) is 0. The summed E-state index contributed by atoms with van der Waals surface area (Å²) in [5.41, 5.74) is 5.63. The van der Waals surface area contributed by atoms with Gasteiger partial charge in [-0.2, -0.15) is 0 Å². The Morgan fingerprint density at radius 1 is 1.38 bits per heavy atom. The van der Waals surface area contributed by atoms with E-state index in [-0.39, 0.29) is 11.4 Å². The fraction of sp³-hybridized carbons (Fsp3) is 0.688. The van der Waals surface area contributed by atoms with Crippen LogP contribution in [0.25, 0.3) is 0 Å². The molecule has 2 fully saturated rings. The molecule has 1 unspecified atom stereocenters. The molecule has 3 rings (SSSR count). The number of nitrogens with zero attached hydrogens (tertiary/aromatic N) is 4. The second-order valence-corrected chi connectivity index (χ2v) is 7.51. The number of carbonyl (C=O) groups is 2. The van der Waals surface area contributed by atoms with Crippen molar-refractivity contribution in [2.24, 2.45) is 5.73 Å². The van der Waals surface area contributed by atoms with Crippen LogP contribution in [0.4, 0.5) is 5.13 Å². The predicted molar refractivity (Wildman–Crippen MR) is 94.3 cm³/mol. The Labute approximate surface area is 146 Å². The summed E-state index contributed by atoms with van der Waals surface area (Å²) in [6.45, 7) is 6.24. The molecular weight excluding hydrogens is 326 g/mol. The molecule has 1 aromatic rings. The molecule has 1 atom stereocenters. The van der Waals surface area contributed by atoms with E-state index in [9.17, 15) is 9.59 Å². The normalized spacial score (nSPS) is 26.0. The number of primary amides is 1. The van der Waals surface area contributed by atoms with Crippen LogP contribution in [0.1, 0.15) is 36.7 Å². The molecule has 8 heteroatoms. The SMILES string of the molecule is CCN1CCC2(CCC1=O)CN(c1nc(C(N)=O)cs1)CCN2C. The van der Waals surface area contributed by atoms with Crippen LogP contribution in [0.3, 0.4) is 0 Å². The zero-order valence-electron chi connectivity index (χ0n) is 14.3. The first kappa shape index (κ1) is 17.2. The first-order valence-electron chi connectivity index (χ1n) is 8.44. The number of nitrogens with two attached hydrogens (primary N) is 1. The number of thiazole rings is 1. The average Bonchev–Trinajstić information content (AvgIpc) is 3.00. The van der Waals surface area contributed by atoms with Gasteiger partial charge in [-0.25, -0.2) is 4.98 Å². The van der Waals surface area contributed by atoms with Gasteiger partial charge in [0, 0.05) is 50.1 Å². The highest BCUT2D eigenvalue weighted by Crippen LogP contribution is 2.34. The number of piperazine rings is 1. The van der Waals surface area contributed by atoms with Crippen LogP contribution in [0.15, 0.2) is 5.38 Å². The lowest BCUT2D eigenvalue weighted by Crippen LogP contribution is -2.61. The summed E-state index contributed by atoms with van der Waals surface area (Å²) < 4.78 is 0. The molecule has 0 bridgehead atoms. The number of aromatic nitrogens is 1. The van der Waals surface area contributed by atoms with Crippen molar-refractivity contribution in [3.63, 3.8) is 0 Å². The summed E-state index contributed by atoms with van der Waals surface area (Å²) in [7, 11) is 2.15. The maximum absolute atomic E-state index is 12.2. The number of anilines is 1. The number of hydrogen-bond acceptors (Lipinski definition) is 6. The number of carbonyl (C=O) groups excluding carboxylic acids is 2. The van der Waals surface area contributed by atoms with Crippen LogP contribution in [0, 0.1) is 0 Å². The molecule has 0 saturated carbocycles. The highest BCUT2D eigenvalue weighted by molar-refractivity contribution is 7.13. The molecule has 0 aliphatic carbocycles. The van der Waals surface area contributed by atoms with Gasteiger partial charge in [0.2, 0.25) is 5.91 Å². The molecule has 1 aromatic heterocycles. The highest BCUT2D eigenvalue weighted by atomic mass is 32.1. The quantitative estimate of drug-likeness (QED) is 0.869. The number of likely N-dealkylation sites (N-methyl/N-ethyl adjacent to an activating group) is 1. The second kappa shape index (κ2) is 6.68. The van der Waals surface area contributed by atoms with Crippen molar-refractivity contribution in [3.05, 3.63) is 11.1 Å². The van der Waals surface area contributed by atoms with Crippen molar-refractivity contribution >= 4 is 28.3 Å². The minimum absolute atomic E-state index is 0.0175. The van der Waals surface area contributed by atoms with Gasteiger partial charge in [0.15, 0.2) is 5.13 Å². The van der Waals surface area contributed by atoms with Crippen molar-refractivity contribution in [3.8, 4) is 0 Å². The average molecular weight is 351 g/mol. The van der Waals surface area contributed by atoms with Crippen molar-refractivity contribution in [2.45, 2.75) is 31.7 Å². The Kier molecular flexibility index (Phi) is 4.78. The van der Waals surface area contributed by atoms with E-state index in [1.54, 1.807) is 5.38 Å². The fourth-order valence-electron chi connectivity index (χ4n) is 3.71. The van der Waals surface area contributed by atoms with Crippen LogP contribution in [0.5, 0.6) is 0 Å². The number of likely N-dealkylation sites (tertiary alicyclic amines) is 1. The van der Waals surface area contributed by atoms with E-state index in [0.29, 0.717) is 12.1 Å². The highest BCUT2D eigenvalue weighted by Gasteiger charge is 2.42. The summed E-state index contributed by atoms with van der Waals surface area (Å²) in [6.07, 6.45) is 2.42. The molecule has 2 saturated heterocycles. The fourth-order valence-corrected chi connectivity index (χ4v) is 4.56. The Morgan fingerprint density at radius 2 is 2.17 bits per heavy atom. The van der Waals surface area contributed by atoms with Crippen LogP contribution in [0.2, 0.25) is 0 Å². The number of amides is 2. The summed E-state index contributed by atoms with van der Waals surface area (Å²) >= 11 is 1.46. The lowest BCUT2D eigenvalue weighted by Gasteiger charge is -2.49. The first-order valence-corrected chi connectivity index (χ1v) is 9.32. The Hall–Kier alpha value is -1.67. The standard InChI is InChI=1S/C16H25N5O2S/c1-3-20-7-6-16(5-4-13(20)22)11-21(9-8-19(16)2)15-18-12(10-24-15)14(17)23/h10H,3-9,11H2,1-2H3,(H2,17,23). The predicted octanol–water partition coefficient (Wildman–Crippen LogP) is 0.765. The van der Waals surface area contributed by atoms with Gasteiger partial charge in [0.05, 0.1) is 0 Å². The van der Waals surface area contributed by atoms with Gasteiger partial charge < -0.3 is 15.5 Å². The van der Waals surface area contributed by atoms with Crippen molar-refractivity contribution in [1.29, 1.82) is 0 Å². The molecule has 3 heterocycles. The van der Waals surface area contributed by atoms with Crippen molar-refractivity contribution in [1.82, 2.24) is 14.8 Å². The summed E-state index contributed by atoms with van der Waals surface area (Å²) in [5, 5.41) is 2.57. The minimum Gasteiger partial charge on any atom is -0.364 e. The molecule has 0 radical (unpaired) electrons. The number of rotatable bonds is 3. The van der Waals surface area contributed by atoms with Crippen molar-refractivity contribution in [2.75, 3.05) is 44.7 Å². The molecule has 24 heavy (non-hydrogen) atoms. The van der Waals surface area contributed by atoms with Gasteiger partial charge in [-0.05, 0) is 26.8 Å². The summed E-state index contributed by atoms with van der Waals surface area (Å²) in [4.78, 5) is 34.5. The third-order valence-electron chi connectivity index (χ3n) is 5.40. The maximum atomic E-state index is 12.2. The van der Waals surface area contributed by atoms with E-state index in [1.807, 2.05) is 11.8 Å². The monoisotopic (exact) mass is 351 g/mol. The topological polar surface area (TPSA) is 82.8 Å². The zero-order valence-corrected chi connectivity index (χ0v) is 15.1. The van der Waals surface area contributed by atoms with Crippen LogP contribution < -0.4 is 10.6 Å². The largest absolute Gasteiger partial charge is 0.364 e. The van der Waals surface area contributed by atoms with Gasteiger partial charge in [-0.3, -0.25) is 14.5 Å². The van der Waals surface area contributed by atoms with Gasteiger partial charge >= 0.3 is 0 Å². The number of hydrogen-bond donors (Lipinski definition) is 1. The third kappa shape index (κ3) is 3.12. The minimum atomic E-state index is -0.486. The van der Waals surface area contributed by atoms with E-state index >= 15 is 0 Å². The smallest absolute Gasteiger partial charge is 0.268 e. The molecule has 0 aromatic carbocycles. The van der Waals surface area contributed by atoms with Crippen molar-refractivity contribution < 1.29 is 9.59 Å². The third-order valence-corrected chi connectivity index (χ3v) is 6.30. The molecule has 2 aliphatic heterocycles. The van der Waals surface area contributed by atoms with Gasteiger partial charge in [-0.15, -0.1) is 11.3 Å². The molecular formula is C16H25N5O2S. The molecule has 132 valence electrons. The Balaban J connectivity index is 1.79. The molecule has 2 N–H and O–H groups in total. The Bertz CT molecular complexity index is 634. The Morgan fingerprint density at radius 3 is 2.83 bits per heavy atom. The van der Waals surface area contributed by atoms with Gasteiger partial charge in [0.25, 0.3) is 5.91 Å². The van der Waals surface area contributed by atoms with Crippen LogP contribution >= 0.6 is 11.3 Å². The van der Waals surface area contributed by atoms with Gasteiger partial charge in [-0.1, -0.05) is 0 Å². The molecule has 7 nitrogen and oxygen atoms in total. The van der Waals surface area contributed by atoms with Gasteiger partial charge in [0.1, 0.15) is 5.69 Å². The molecule has 2 aliphatic rings. The molecule has 1 spiro atoms. The van der Waals surface area contributed by atoms with E-state index < -0.39 is 5.91 Å².